The molecule has 47 nitrogen and oxygen atoms in total. The molecule has 0 spiro atoms. The van der Waals surface area contributed by atoms with Crippen molar-refractivity contribution >= 4 is 17.9 Å². The van der Waals surface area contributed by atoms with Crippen molar-refractivity contribution in [2.75, 3.05) is 52.9 Å². The van der Waals surface area contributed by atoms with E-state index < -0.39 is 379 Å². The summed E-state index contributed by atoms with van der Waals surface area (Å²) in [7, 11) is 0. The average Bonchev–Trinajstić information content (AvgIpc) is 1.15. The zero-order valence-electron chi connectivity index (χ0n) is 82.0. The maximum absolute atomic E-state index is 16.9. The highest BCUT2D eigenvalue weighted by Crippen LogP contribution is 2.76. The number of ether oxygens (including phenoxy) is 18. The Hall–Kier alpha value is -4.53. The van der Waals surface area contributed by atoms with Crippen molar-refractivity contribution in [2.24, 2.45) is 50.2 Å². The molecule has 818 valence electrons. The van der Waals surface area contributed by atoms with Gasteiger partial charge in [0.2, 0.25) is 6.29 Å². The number of fused-ring (bicyclic) bond motifs is 7. The van der Waals surface area contributed by atoms with Crippen molar-refractivity contribution in [3.8, 4) is 0 Å². The number of hydrogen-bond acceptors (Lipinski definition) is 47. The topological polar surface area (TPSA) is 743 Å². The van der Waals surface area contributed by atoms with Gasteiger partial charge in [-0.15, -0.1) is 13.2 Å². The van der Waals surface area contributed by atoms with E-state index in [-0.39, 0.29) is 67.9 Å². The van der Waals surface area contributed by atoms with Crippen LogP contribution in [0, 0.1) is 50.2 Å². The molecule has 5 aliphatic carbocycles. The van der Waals surface area contributed by atoms with Crippen LogP contribution in [0.2, 0.25) is 0 Å². The van der Waals surface area contributed by atoms with Crippen LogP contribution >= 0.6 is 0 Å². The van der Waals surface area contributed by atoms with Crippen molar-refractivity contribution in [1.29, 1.82) is 0 Å². The second-order valence-electron chi connectivity index (χ2n) is 43.4. The molecule has 0 aromatic heterocycles. The van der Waals surface area contributed by atoms with Gasteiger partial charge in [-0.1, -0.05) is 84.4 Å². The third-order valence-electron chi connectivity index (χ3n) is 33.6. The van der Waals surface area contributed by atoms with E-state index in [2.05, 4.69) is 33.1 Å². The number of aliphatic hydroxyl groups is 26. The molecule has 143 heavy (non-hydrogen) atoms. The predicted molar refractivity (Wildman–Crippen MR) is 479 cm³/mol. The summed E-state index contributed by atoms with van der Waals surface area (Å²) in [6, 6.07) is 0. The Morgan fingerprint density at radius 2 is 0.909 bits per heavy atom. The van der Waals surface area contributed by atoms with Crippen LogP contribution in [0.1, 0.15) is 153 Å². The highest BCUT2D eigenvalue weighted by molar-refractivity contribution is 5.89. The Kier molecular flexibility index (Phi) is 37.0. The summed E-state index contributed by atoms with van der Waals surface area (Å²) < 4.78 is 110. The van der Waals surface area contributed by atoms with E-state index >= 15 is 9.59 Å². The zero-order chi connectivity index (χ0) is 105. The van der Waals surface area contributed by atoms with Gasteiger partial charge in [0.25, 0.3) is 0 Å². The first kappa shape index (κ1) is 116. The molecule has 12 fully saturated rings. The minimum atomic E-state index is -2.31. The summed E-state index contributed by atoms with van der Waals surface area (Å²) in [5, 5.41) is 290. The smallest absolute Gasteiger partial charge is 0.336 e. The summed E-state index contributed by atoms with van der Waals surface area (Å²) in [5.41, 5.74) is -9.43. The fourth-order valence-corrected chi connectivity index (χ4v) is 24.3. The molecule has 0 radical (unpaired) electrons. The van der Waals surface area contributed by atoms with E-state index in [0.717, 1.165) is 0 Å². The summed E-state index contributed by atoms with van der Waals surface area (Å²) >= 11 is 0. The molecule has 8 aliphatic heterocycles. The van der Waals surface area contributed by atoms with Gasteiger partial charge in [-0.2, -0.15) is 0 Å². The highest BCUT2D eigenvalue weighted by atomic mass is 16.8. The second kappa shape index (κ2) is 45.8. The lowest BCUT2D eigenvalue weighted by Crippen LogP contribution is -2.70. The van der Waals surface area contributed by atoms with E-state index in [9.17, 15) is 138 Å². The number of hydrogen-bond donors (Lipinski definition) is 26. The molecule has 8 heterocycles. The quantitative estimate of drug-likeness (QED) is 0.00922. The molecular weight excluding hydrogens is 1910 g/mol. The van der Waals surface area contributed by atoms with Crippen molar-refractivity contribution in [1.82, 2.24) is 0 Å². The van der Waals surface area contributed by atoms with E-state index in [1.807, 2.05) is 20.8 Å². The van der Waals surface area contributed by atoms with Gasteiger partial charge in [-0.05, 0) is 138 Å². The number of rotatable bonds is 35. The summed E-state index contributed by atoms with van der Waals surface area (Å²) in [5.74, 6) is -5.03. The molecule has 47 heteroatoms. The number of aliphatic hydroxyl groups excluding tert-OH is 25. The molecule has 13 aliphatic rings. The van der Waals surface area contributed by atoms with Crippen LogP contribution in [0.4, 0.5) is 0 Å². The van der Waals surface area contributed by atoms with Crippen molar-refractivity contribution in [3.05, 3.63) is 60.3 Å². The van der Waals surface area contributed by atoms with Crippen LogP contribution in [0.25, 0.3) is 0 Å². The van der Waals surface area contributed by atoms with Gasteiger partial charge < -0.3 is 218 Å². The maximum atomic E-state index is 16.9. The summed E-state index contributed by atoms with van der Waals surface area (Å²) in [6.07, 6.45) is -64.9. The van der Waals surface area contributed by atoms with Crippen LogP contribution in [0.5, 0.6) is 0 Å². The number of esters is 3. The van der Waals surface area contributed by atoms with E-state index in [4.69, 9.17) is 85.3 Å². The molecule has 0 bridgehead atoms. The molecule has 26 N–H and O–H groups in total. The standard InChI is InChI=1S/C96H152O47/c1-14-91(9,125)24-16-18-42(32-98)79(123)137-73-39(3)129-85(71(120)66(73)115)143-92(10,15-2)25-17-19-41(31-97)78(122)135-55-30-96(88(124)142-87-77(64(113)59(108)48(35-101)133-87)141-84-72(121)75(139-82-69(118)62(111)57(106)46(33-99)130-82)74(40(4)128-84)138-81-68(117)60(109)49(36-102)132-81)44(28-89(55,5)6)43-20-21-52-93(11)26-23-54(90(7,8)51(93)22-27-94(52,12)95(43,13)29-53(96)104)136-86-76(140-83-70(119)63(112)58(107)47(34-100)131-83)65(114)61(110)50(134-86)38-127-80-67(116)56(105)45(103)37-126-80/h14-15,18-20,39-40,44-77,80-87,97-121,125H,1-2,16-17,21-38H2,3-13H3/b41-19+,42-18+/t39-,40+,44+,45-,46-,47-,48-,49+,50-,51+,52-,53-,54+,55+,56+,57-,58-,59-,60+,61-,62+,63+,64+,65+,66-,67-,68-,69-,70-,71-,72-,73-,74+,75+,76-,77-,80+,81+,82+,83+,84+,85+,86+,87+,91?,92-,93+,94-,95-,96-/m1/s1. The SMILES string of the molecule is C=CC(C)(O)CC/C=C(\CO)C(=O)O[C@H]1[C@H](O)[C@@H](O)[C@H](O[C@](C)(C=C)CC/C=C(\CO)C(=O)O[C@H]2C[C@]3(C(=O)O[C@@H]4O[C@H](CO)[C@@H](O)[C@H](O)[C@H]4O[C@@H]4O[C@@H](C)[C@H](O[C@@H]5O[C@@H](CO)[C@H](O)[C@H]5O)[C@@H](O[C@@H]5O[C@H](CO)[C@@H](O)[C@H](O)[C@H]5O)[C@H]4O)[C@H](O)C[C@]4(C)C(=CC[C@@H]5[C@@]6(C)CC[C@H](O[C@@H]7O[C@H](CO[C@@H]8OC[C@@H](O)[C@H](O)[C@H]8O)[C@@H](O)[C@H](O)[C@H]7O[C@@H]7O[C@H](CO)[C@@H](O)[C@H](O)[C@H]7O)C(C)(C)[C@@H]6CC[C@]54C)[C@@H]3CC2(C)C)O[C@@H]1C. The summed E-state index contributed by atoms with van der Waals surface area (Å²) in [4.78, 5) is 45.3. The van der Waals surface area contributed by atoms with Gasteiger partial charge in [0.05, 0.1) is 99.6 Å². The Labute approximate surface area is 826 Å². The lowest BCUT2D eigenvalue weighted by atomic mass is 9.33. The van der Waals surface area contributed by atoms with Gasteiger partial charge in [0.15, 0.2) is 56.2 Å². The molecule has 13 rings (SSSR count). The monoisotopic (exact) mass is 2060 g/mol. The maximum Gasteiger partial charge on any atom is 0.336 e. The van der Waals surface area contributed by atoms with Gasteiger partial charge >= 0.3 is 17.9 Å². The fraction of sp³-hybridized carbons (Fsp3) is 0.865. The molecule has 8 saturated heterocycles. The summed E-state index contributed by atoms with van der Waals surface area (Å²) in [6.45, 7) is 20.7. The fourth-order valence-electron chi connectivity index (χ4n) is 24.3. The van der Waals surface area contributed by atoms with Crippen LogP contribution < -0.4 is 0 Å². The normalized spacial score (nSPS) is 48.2. The van der Waals surface area contributed by atoms with Crippen molar-refractivity contribution in [3.63, 3.8) is 0 Å². The highest BCUT2D eigenvalue weighted by Gasteiger charge is 2.74. The molecule has 0 aromatic carbocycles. The molecule has 4 saturated carbocycles. The minimum Gasteiger partial charge on any atom is -0.458 e. The molecule has 1 unspecified atom stereocenters. The Morgan fingerprint density at radius 3 is 1.46 bits per heavy atom. The number of carbonyl (C=O) groups excluding carboxylic acids is 3. The van der Waals surface area contributed by atoms with E-state index in [1.165, 1.54) is 45.1 Å². The number of carbonyl (C=O) groups is 3. The van der Waals surface area contributed by atoms with Gasteiger partial charge in [0, 0.05) is 11.8 Å². The van der Waals surface area contributed by atoms with Crippen LogP contribution in [-0.2, 0) is 99.6 Å². The third-order valence-corrected chi connectivity index (χ3v) is 33.6. The number of allylic oxidation sites excluding steroid dienone is 4. The molecular formula is C96H152O47. The average molecular weight is 2060 g/mol. The van der Waals surface area contributed by atoms with Crippen LogP contribution in [-0.4, -0.2) is 466 Å². The Balaban J connectivity index is 0.802. The Morgan fingerprint density at radius 1 is 0.448 bits per heavy atom. The first-order valence-corrected chi connectivity index (χ1v) is 49.2. The lowest BCUT2D eigenvalue weighted by molar-refractivity contribution is -0.390. The zero-order valence-corrected chi connectivity index (χ0v) is 82.0. The Bertz CT molecular complexity index is 4370. The second-order valence-corrected chi connectivity index (χ2v) is 43.4. The van der Waals surface area contributed by atoms with Crippen molar-refractivity contribution < 1.29 is 232 Å². The van der Waals surface area contributed by atoms with Crippen molar-refractivity contribution in [2.45, 2.75) is 416 Å². The van der Waals surface area contributed by atoms with Gasteiger partial charge in [0.1, 0.15) is 170 Å². The minimum absolute atomic E-state index is 0.0640. The van der Waals surface area contributed by atoms with E-state index in [0.29, 0.717) is 31.3 Å². The molecule has 0 amide bonds. The van der Waals surface area contributed by atoms with Gasteiger partial charge in [-0.3, -0.25) is 4.79 Å². The molecule has 0 aromatic rings. The molecule has 50 atom stereocenters. The van der Waals surface area contributed by atoms with Crippen LogP contribution in [0.3, 0.4) is 0 Å². The third kappa shape index (κ3) is 22.4. The van der Waals surface area contributed by atoms with E-state index in [1.54, 1.807) is 20.8 Å². The van der Waals surface area contributed by atoms with Gasteiger partial charge in [-0.25, -0.2) is 9.59 Å². The first-order chi connectivity index (χ1) is 67.1. The first-order valence-electron chi connectivity index (χ1n) is 49.2. The predicted octanol–water partition coefficient (Wildman–Crippen LogP) is -7.09. The lowest BCUT2D eigenvalue weighted by Gasteiger charge is -2.72. The largest absolute Gasteiger partial charge is 0.458 e. The van der Waals surface area contributed by atoms with Crippen LogP contribution in [0.15, 0.2) is 60.3 Å².